The van der Waals surface area contributed by atoms with Gasteiger partial charge in [0.15, 0.2) is 9.84 Å². The van der Waals surface area contributed by atoms with Crippen molar-refractivity contribution >= 4 is 21.2 Å². The summed E-state index contributed by atoms with van der Waals surface area (Å²) in [6, 6.07) is 6.71. The average Bonchev–Trinajstić information content (AvgIpc) is 2.61. The van der Waals surface area contributed by atoms with Crippen molar-refractivity contribution in [3.63, 3.8) is 0 Å². The highest BCUT2D eigenvalue weighted by atomic mass is 32.2. The second-order valence-electron chi connectivity index (χ2n) is 3.79. The maximum absolute atomic E-state index is 11.2. The number of nitriles is 1. The van der Waals surface area contributed by atoms with Gasteiger partial charge in [-0.15, -0.1) is 0 Å². The lowest BCUT2D eigenvalue weighted by Crippen LogP contribution is -2.21. The average molecular weight is 249 g/mol. The van der Waals surface area contributed by atoms with Crippen LogP contribution in [0, 0.1) is 11.3 Å². The van der Waals surface area contributed by atoms with Crippen LogP contribution in [-0.4, -0.2) is 20.2 Å². The number of rotatable bonds is 2. The molecule has 0 saturated heterocycles. The van der Waals surface area contributed by atoms with Gasteiger partial charge in [-0.3, -0.25) is 0 Å². The summed E-state index contributed by atoms with van der Waals surface area (Å²) in [5.74, 6) is 0.0171. The largest absolute Gasteiger partial charge is 0.396 e. The highest BCUT2D eigenvalue weighted by Crippen LogP contribution is 2.24. The molecule has 1 aliphatic rings. The van der Waals surface area contributed by atoms with Crippen LogP contribution in [0.4, 0.5) is 11.4 Å². The maximum Gasteiger partial charge on any atom is 0.173 e. The highest BCUT2D eigenvalue weighted by Gasteiger charge is 2.22. The van der Waals surface area contributed by atoms with E-state index in [4.69, 9.17) is 11.0 Å². The Morgan fingerprint density at radius 3 is 2.82 bits per heavy atom. The molecule has 1 heterocycles. The Balaban J connectivity index is 2.22. The zero-order chi connectivity index (χ0) is 12.5. The molecule has 0 amide bonds. The van der Waals surface area contributed by atoms with E-state index in [1.54, 1.807) is 24.3 Å². The summed E-state index contributed by atoms with van der Waals surface area (Å²) in [5, 5.41) is 13.0. The van der Waals surface area contributed by atoms with Crippen molar-refractivity contribution in [2.45, 2.75) is 6.04 Å². The Labute approximate surface area is 99.5 Å². The van der Waals surface area contributed by atoms with Gasteiger partial charge in [-0.1, -0.05) is 12.1 Å². The third-order valence-electron chi connectivity index (χ3n) is 2.50. The molecule has 0 aliphatic carbocycles. The quantitative estimate of drug-likeness (QED) is 0.758. The minimum Gasteiger partial charge on any atom is -0.396 e. The summed E-state index contributed by atoms with van der Waals surface area (Å²) in [4.78, 5) is 0. The fourth-order valence-corrected chi connectivity index (χ4v) is 2.89. The van der Waals surface area contributed by atoms with E-state index in [-0.39, 0.29) is 11.8 Å². The first-order valence-electron chi connectivity index (χ1n) is 4.98. The van der Waals surface area contributed by atoms with Gasteiger partial charge in [-0.25, -0.2) is 8.42 Å². The van der Waals surface area contributed by atoms with E-state index in [1.165, 1.54) is 5.41 Å². The lowest BCUT2D eigenvalue weighted by molar-refractivity contribution is 0.605. The van der Waals surface area contributed by atoms with E-state index in [0.717, 1.165) is 0 Å². The molecule has 5 nitrogen and oxygen atoms in total. The minimum absolute atomic E-state index is 0.0171. The van der Waals surface area contributed by atoms with E-state index in [2.05, 4.69) is 5.32 Å². The number of hydrogen-bond donors (Lipinski definition) is 2. The predicted molar refractivity (Wildman–Crippen MR) is 65.9 cm³/mol. The summed E-state index contributed by atoms with van der Waals surface area (Å²) in [6.45, 7) is 0. The predicted octanol–water partition coefficient (Wildman–Crippen LogP) is 0.863. The standard InChI is InChI=1S/C11H11N3O2S/c12-6-8-2-1-3-10(11(8)13)14-9-4-5-17(15,16)7-9/h1-5,9,14H,7,13H2. The van der Waals surface area contributed by atoms with E-state index >= 15 is 0 Å². The first kappa shape index (κ1) is 11.5. The molecule has 1 aromatic rings. The summed E-state index contributed by atoms with van der Waals surface area (Å²) in [7, 11) is -3.09. The van der Waals surface area contributed by atoms with Crippen LogP contribution < -0.4 is 11.1 Å². The summed E-state index contributed by atoms with van der Waals surface area (Å²) in [6.07, 6.45) is 1.58. The van der Waals surface area contributed by atoms with Crippen LogP contribution in [-0.2, 0) is 9.84 Å². The van der Waals surface area contributed by atoms with Gasteiger partial charge in [0.2, 0.25) is 0 Å². The number of nitrogens with two attached hydrogens (primary N) is 1. The van der Waals surface area contributed by atoms with Gasteiger partial charge >= 0.3 is 0 Å². The number of nitrogens with one attached hydrogen (secondary N) is 1. The normalized spacial score (nSPS) is 21.0. The van der Waals surface area contributed by atoms with Crippen molar-refractivity contribution in [1.82, 2.24) is 0 Å². The third kappa shape index (κ3) is 2.40. The van der Waals surface area contributed by atoms with E-state index < -0.39 is 9.84 Å². The number of nitrogen functional groups attached to an aromatic ring is 1. The SMILES string of the molecule is N#Cc1cccc(NC2C=CS(=O)(=O)C2)c1N. The van der Waals surface area contributed by atoms with Crippen LogP contribution in [0.25, 0.3) is 0 Å². The molecule has 0 spiro atoms. The molecule has 0 saturated carbocycles. The van der Waals surface area contributed by atoms with Crippen LogP contribution in [0.1, 0.15) is 5.56 Å². The van der Waals surface area contributed by atoms with Gasteiger partial charge in [0.25, 0.3) is 0 Å². The van der Waals surface area contributed by atoms with Crippen molar-refractivity contribution in [3.05, 3.63) is 35.2 Å². The Morgan fingerprint density at radius 1 is 1.47 bits per heavy atom. The Hall–Kier alpha value is -2.00. The second kappa shape index (κ2) is 4.11. The van der Waals surface area contributed by atoms with Gasteiger partial charge in [-0.05, 0) is 12.1 Å². The van der Waals surface area contributed by atoms with Crippen LogP contribution in [0.5, 0.6) is 0 Å². The van der Waals surface area contributed by atoms with E-state index in [9.17, 15) is 8.42 Å². The molecular formula is C11H11N3O2S. The summed E-state index contributed by atoms with van der Waals surface area (Å²) >= 11 is 0. The van der Waals surface area contributed by atoms with Gasteiger partial charge in [0.1, 0.15) is 6.07 Å². The number of sulfone groups is 1. The Bertz CT molecular complexity index is 614. The summed E-state index contributed by atoms with van der Waals surface area (Å²) in [5.41, 5.74) is 7.08. The number of anilines is 2. The molecule has 1 aromatic carbocycles. The molecule has 17 heavy (non-hydrogen) atoms. The van der Waals surface area contributed by atoms with E-state index in [1.807, 2.05) is 6.07 Å². The fraction of sp³-hybridized carbons (Fsp3) is 0.182. The topological polar surface area (TPSA) is 96.0 Å². The van der Waals surface area contributed by atoms with Crippen molar-refractivity contribution in [2.75, 3.05) is 16.8 Å². The molecule has 1 unspecified atom stereocenters. The van der Waals surface area contributed by atoms with Crippen molar-refractivity contribution in [3.8, 4) is 6.07 Å². The van der Waals surface area contributed by atoms with Crippen LogP contribution in [0.2, 0.25) is 0 Å². The van der Waals surface area contributed by atoms with Crippen molar-refractivity contribution < 1.29 is 8.42 Å². The summed E-state index contributed by atoms with van der Waals surface area (Å²) < 4.78 is 22.5. The molecule has 1 atom stereocenters. The van der Waals surface area contributed by atoms with Crippen molar-refractivity contribution in [1.29, 1.82) is 5.26 Å². The van der Waals surface area contributed by atoms with Gasteiger partial charge < -0.3 is 11.1 Å². The fourth-order valence-electron chi connectivity index (χ4n) is 1.65. The molecular weight excluding hydrogens is 238 g/mol. The Morgan fingerprint density at radius 2 is 2.24 bits per heavy atom. The first-order valence-corrected chi connectivity index (χ1v) is 6.69. The number of para-hydroxylation sites is 1. The first-order chi connectivity index (χ1) is 8.02. The Kier molecular flexibility index (Phi) is 2.77. The van der Waals surface area contributed by atoms with E-state index in [0.29, 0.717) is 16.9 Å². The lowest BCUT2D eigenvalue weighted by Gasteiger charge is -2.14. The maximum atomic E-state index is 11.2. The zero-order valence-corrected chi connectivity index (χ0v) is 9.74. The molecule has 6 heteroatoms. The minimum atomic E-state index is -3.09. The number of hydrogen-bond acceptors (Lipinski definition) is 5. The third-order valence-corrected chi connectivity index (χ3v) is 3.89. The smallest absolute Gasteiger partial charge is 0.173 e. The van der Waals surface area contributed by atoms with Crippen LogP contribution >= 0.6 is 0 Å². The lowest BCUT2D eigenvalue weighted by atomic mass is 10.1. The number of benzene rings is 1. The molecule has 0 fully saturated rings. The molecule has 88 valence electrons. The van der Waals surface area contributed by atoms with Crippen molar-refractivity contribution in [2.24, 2.45) is 0 Å². The zero-order valence-electron chi connectivity index (χ0n) is 8.92. The van der Waals surface area contributed by atoms with Gasteiger partial charge in [-0.2, -0.15) is 5.26 Å². The molecule has 2 rings (SSSR count). The molecule has 0 bridgehead atoms. The highest BCUT2D eigenvalue weighted by molar-refractivity contribution is 7.94. The number of nitrogens with zero attached hydrogens (tertiary/aromatic N) is 1. The van der Waals surface area contributed by atoms with Gasteiger partial charge in [0, 0.05) is 5.41 Å². The second-order valence-corrected chi connectivity index (χ2v) is 5.72. The monoisotopic (exact) mass is 249 g/mol. The molecule has 1 aliphatic heterocycles. The molecule has 0 aromatic heterocycles. The molecule has 0 radical (unpaired) electrons. The van der Waals surface area contributed by atoms with Crippen LogP contribution in [0.15, 0.2) is 29.7 Å². The molecule has 3 N–H and O–H groups in total. The van der Waals surface area contributed by atoms with Crippen LogP contribution in [0.3, 0.4) is 0 Å². The van der Waals surface area contributed by atoms with Gasteiger partial charge in [0.05, 0.1) is 28.7 Å².